The van der Waals surface area contributed by atoms with E-state index in [2.05, 4.69) is 22.0 Å². The predicted octanol–water partition coefficient (Wildman–Crippen LogP) is 3.74. The SMILES string of the molecule is COC(=O)N1CCCCC1c1ccccc1Br. The van der Waals surface area contributed by atoms with Crippen LogP contribution >= 0.6 is 15.9 Å². The molecule has 0 bridgehead atoms. The quantitative estimate of drug-likeness (QED) is 0.790. The summed E-state index contributed by atoms with van der Waals surface area (Å²) in [7, 11) is 1.44. The van der Waals surface area contributed by atoms with Gasteiger partial charge in [0.2, 0.25) is 0 Å². The average Bonchev–Trinajstić information content (AvgIpc) is 2.38. The summed E-state index contributed by atoms with van der Waals surface area (Å²) in [5.41, 5.74) is 1.16. The van der Waals surface area contributed by atoms with Crippen molar-refractivity contribution < 1.29 is 9.53 Å². The lowest BCUT2D eigenvalue weighted by molar-refractivity contribution is 0.0893. The monoisotopic (exact) mass is 297 g/mol. The van der Waals surface area contributed by atoms with Gasteiger partial charge in [0.1, 0.15) is 0 Å². The second kappa shape index (κ2) is 5.54. The van der Waals surface area contributed by atoms with Crippen molar-refractivity contribution in [1.82, 2.24) is 4.90 Å². The molecular weight excluding hydrogens is 282 g/mol. The van der Waals surface area contributed by atoms with Crippen molar-refractivity contribution in [1.29, 1.82) is 0 Å². The highest BCUT2D eigenvalue weighted by Gasteiger charge is 2.29. The van der Waals surface area contributed by atoms with Gasteiger partial charge in [0.05, 0.1) is 13.2 Å². The first kappa shape index (κ1) is 12.4. The maximum Gasteiger partial charge on any atom is 0.409 e. The molecule has 1 amide bonds. The first-order valence-corrected chi connectivity index (χ1v) is 6.62. The van der Waals surface area contributed by atoms with Crippen LogP contribution < -0.4 is 0 Å². The summed E-state index contributed by atoms with van der Waals surface area (Å²) in [5.74, 6) is 0. The molecule has 0 aromatic heterocycles. The maximum atomic E-state index is 11.8. The lowest BCUT2D eigenvalue weighted by Gasteiger charge is -2.35. The van der Waals surface area contributed by atoms with Crippen molar-refractivity contribution in [2.75, 3.05) is 13.7 Å². The molecule has 1 aliphatic rings. The largest absolute Gasteiger partial charge is 0.453 e. The van der Waals surface area contributed by atoms with Crippen LogP contribution in [0.5, 0.6) is 0 Å². The van der Waals surface area contributed by atoms with E-state index in [4.69, 9.17) is 4.74 Å². The van der Waals surface area contributed by atoms with Crippen molar-refractivity contribution in [3.05, 3.63) is 34.3 Å². The van der Waals surface area contributed by atoms with E-state index in [0.29, 0.717) is 0 Å². The zero-order valence-corrected chi connectivity index (χ0v) is 11.4. The summed E-state index contributed by atoms with van der Waals surface area (Å²) in [5, 5.41) is 0. The van der Waals surface area contributed by atoms with Crippen LogP contribution in [-0.4, -0.2) is 24.6 Å². The number of hydrogen-bond acceptors (Lipinski definition) is 2. The number of benzene rings is 1. The summed E-state index contributed by atoms with van der Waals surface area (Å²) in [6.45, 7) is 0.776. The number of likely N-dealkylation sites (tertiary alicyclic amines) is 1. The molecule has 3 nitrogen and oxygen atoms in total. The van der Waals surface area contributed by atoms with E-state index in [1.165, 1.54) is 7.11 Å². The molecule has 1 saturated heterocycles. The van der Waals surface area contributed by atoms with Crippen LogP contribution in [0.15, 0.2) is 28.7 Å². The van der Waals surface area contributed by atoms with Gasteiger partial charge in [-0.3, -0.25) is 0 Å². The smallest absolute Gasteiger partial charge is 0.409 e. The standard InChI is InChI=1S/C13H16BrNO2/c1-17-13(16)15-9-5-4-8-12(15)10-6-2-3-7-11(10)14/h2-3,6-7,12H,4-5,8-9H2,1H3. The average molecular weight is 298 g/mol. The third kappa shape index (κ3) is 2.63. The Morgan fingerprint density at radius 3 is 2.88 bits per heavy atom. The Kier molecular flexibility index (Phi) is 4.05. The molecule has 1 unspecified atom stereocenters. The molecule has 1 aliphatic heterocycles. The van der Waals surface area contributed by atoms with Gasteiger partial charge in [-0.1, -0.05) is 34.1 Å². The van der Waals surface area contributed by atoms with Crippen LogP contribution in [0.4, 0.5) is 4.79 Å². The van der Waals surface area contributed by atoms with Crippen LogP contribution in [-0.2, 0) is 4.74 Å². The van der Waals surface area contributed by atoms with E-state index in [9.17, 15) is 4.79 Å². The van der Waals surface area contributed by atoms with Gasteiger partial charge in [-0.05, 0) is 30.9 Å². The highest BCUT2D eigenvalue weighted by Crippen LogP contribution is 2.35. The fourth-order valence-electron chi connectivity index (χ4n) is 2.34. The molecule has 17 heavy (non-hydrogen) atoms. The minimum Gasteiger partial charge on any atom is -0.453 e. The highest BCUT2D eigenvalue weighted by molar-refractivity contribution is 9.10. The second-order valence-electron chi connectivity index (χ2n) is 4.20. The summed E-state index contributed by atoms with van der Waals surface area (Å²) < 4.78 is 5.91. The van der Waals surface area contributed by atoms with E-state index < -0.39 is 0 Å². The second-order valence-corrected chi connectivity index (χ2v) is 5.05. The molecule has 0 spiro atoms. The third-order valence-electron chi connectivity index (χ3n) is 3.18. The first-order chi connectivity index (χ1) is 8.24. The molecule has 92 valence electrons. The van der Waals surface area contributed by atoms with Gasteiger partial charge in [-0.15, -0.1) is 0 Å². The van der Waals surface area contributed by atoms with Gasteiger partial charge < -0.3 is 9.64 Å². The summed E-state index contributed by atoms with van der Waals surface area (Å²) >= 11 is 3.55. The zero-order valence-electron chi connectivity index (χ0n) is 9.86. The summed E-state index contributed by atoms with van der Waals surface area (Å²) in [4.78, 5) is 13.6. The molecular formula is C13H16BrNO2. The fraction of sp³-hybridized carbons (Fsp3) is 0.462. The number of rotatable bonds is 1. The maximum absolute atomic E-state index is 11.8. The predicted molar refractivity (Wildman–Crippen MR) is 69.8 cm³/mol. The van der Waals surface area contributed by atoms with Crippen molar-refractivity contribution in [3.63, 3.8) is 0 Å². The van der Waals surface area contributed by atoms with E-state index in [1.54, 1.807) is 0 Å². The van der Waals surface area contributed by atoms with Crippen LogP contribution in [0.2, 0.25) is 0 Å². The normalized spacial score (nSPS) is 20.1. The summed E-state index contributed by atoms with van der Waals surface area (Å²) in [6, 6.07) is 8.20. The molecule has 4 heteroatoms. The van der Waals surface area contributed by atoms with Gasteiger partial charge in [0, 0.05) is 11.0 Å². The topological polar surface area (TPSA) is 29.5 Å². The number of halogens is 1. The van der Waals surface area contributed by atoms with E-state index >= 15 is 0 Å². The van der Waals surface area contributed by atoms with E-state index in [1.807, 2.05) is 23.1 Å². The van der Waals surface area contributed by atoms with Crippen LogP contribution in [0.25, 0.3) is 0 Å². The van der Waals surface area contributed by atoms with Crippen molar-refractivity contribution in [3.8, 4) is 0 Å². The Bertz CT molecular complexity index is 408. The molecule has 2 rings (SSSR count). The van der Waals surface area contributed by atoms with Crippen molar-refractivity contribution in [2.45, 2.75) is 25.3 Å². The molecule has 1 heterocycles. The Morgan fingerprint density at radius 2 is 2.18 bits per heavy atom. The van der Waals surface area contributed by atoms with E-state index in [-0.39, 0.29) is 12.1 Å². The van der Waals surface area contributed by atoms with Gasteiger partial charge in [0.25, 0.3) is 0 Å². The number of piperidine rings is 1. The van der Waals surface area contributed by atoms with Crippen LogP contribution in [0, 0.1) is 0 Å². The number of nitrogens with zero attached hydrogens (tertiary/aromatic N) is 1. The Morgan fingerprint density at radius 1 is 1.41 bits per heavy atom. The van der Waals surface area contributed by atoms with E-state index in [0.717, 1.165) is 35.8 Å². The number of hydrogen-bond donors (Lipinski definition) is 0. The number of methoxy groups -OCH3 is 1. The van der Waals surface area contributed by atoms with Crippen molar-refractivity contribution in [2.24, 2.45) is 0 Å². The van der Waals surface area contributed by atoms with Gasteiger partial charge in [0.15, 0.2) is 0 Å². The molecule has 0 saturated carbocycles. The molecule has 1 aromatic carbocycles. The number of amides is 1. The molecule has 0 N–H and O–H groups in total. The highest BCUT2D eigenvalue weighted by atomic mass is 79.9. The van der Waals surface area contributed by atoms with Crippen LogP contribution in [0.3, 0.4) is 0 Å². The molecule has 1 aromatic rings. The number of ether oxygens (including phenoxy) is 1. The fourth-order valence-corrected chi connectivity index (χ4v) is 2.89. The molecule has 1 fully saturated rings. The summed E-state index contributed by atoms with van der Waals surface area (Å²) in [6.07, 6.45) is 2.97. The van der Waals surface area contributed by atoms with Gasteiger partial charge in [-0.25, -0.2) is 4.79 Å². The lowest BCUT2D eigenvalue weighted by Crippen LogP contribution is -2.38. The number of carbonyl (C=O) groups is 1. The molecule has 0 radical (unpaired) electrons. The Hall–Kier alpha value is -1.03. The third-order valence-corrected chi connectivity index (χ3v) is 3.90. The zero-order chi connectivity index (χ0) is 12.3. The minimum atomic E-state index is -0.231. The molecule has 1 atom stereocenters. The first-order valence-electron chi connectivity index (χ1n) is 5.83. The van der Waals surface area contributed by atoms with Crippen molar-refractivity contribution >= 4 is 22.0 Å². The Labute approximate surface area is 110 Å². The lowest BCUT2D eigenvalue weighted by atomic mass is 9.96. The van der Waals surface area contributed by atoms with Gasteiger partial charge in [-0.2, -0.15) is 0 Å². The molecule has 0 aliphatic carbocycles. The Balaban J connectivity index is 2.28. The van der Waals surface area contributed by atoms with Gasteiger partial charge >= 0.3 is 6.09 Å². The van der Waals surface area contributed by atoms with Crippen LogP contribution in [0.1, 0.15) is 30.9 Å². The minimum absolute atomic E-state index is 0.131. The number of carbonyl (C=O) groups excluding carboxylic acids is 1.